The first-order chi connectivity index (χ1) is 8.61. The third-order valence-electron chi connectivity index (χ3n) is 2.47. The molecular weight excluding hydrogens is 250 g/mol. The quantitative estimate of drug-likeness (QED) is 0.921. The summed E-state index contributed by atoms with van der Waals surface area (Å²) in [6, 6.07) is 5.83. The summed E-state index contributed by atoms with van der Waals surface area (Å²) in [7, 11) is 1.63. The predicted molar refractivity (Wildman–Crippen MR) is 73.9 cm³/mol. The van der Waals surface area contributed by atoms with Crippen LogP contribution >= 0.6 is 11.6 Å². The second-order valence-corrected chi connectivity index (χ2v) is 4.64. The monoisotopic (exact) mass is 265 g/mol. The highest BCUT2D eigenvalue weighted by molar-refractivity contribution is 6.32. The van der Waals surface area contributed by atoms with Gasteiger partial charge < -0.3 is 10.1 Å². The van der Waals surface area contributed by atoms with E-state index in [1.165, 1.54) is 0 Å². The molecule has 1 N–H and O–H groups in total. The van der Waals surface area contributed by atoms with Crippen molar-refractivity contribution >= 4 is 17.5 Å². The van der Waals surface area contributed by atoms with Crippen LogP contribution in [0.1, 0.15) is 13.8 Å². The van der Waals surface area contributed by atoms with Crippen LogP contribution in [0.5, 0.6) is 5.75 Å². The Hall–Kier alpha value is -1.68. The van der Waals surface area contributed by atoms with Crippen molar-refractivity contribution < 1.29 is 4.74 Å². The number of hydrogen-bond donors (Lipinski definition) is 1. The maximum absolute atomic E-state index is 6.22. The lowest BCUT2D eigenvalue weighted by Crippen LogP contribution is -2.14. The molecule has 0 bridgehead atoms. The summed E-state index contributed by atoms with van der Waals surface area (Å²) in [4.78, 5) is 4.28. The van der Waals surface area contributed by atoms with Gasteiger partial charge in [-0.25, -0.2) is 4.98 Å². The van der Waals surface area contributed by atoms with Crippen LogP contribution in [0.4, 0.5) is 5.95 Å². The Morgan fingerprint density at radius 1 is 1.39 bits per heavy atom. The molecule has 1 aromatic heterocycles. The van der Waals surface area contributed by atoms with Crippen molar-refractivity contribution in [3.8, 4) is 11.4 Å². The van der Waals surface area contributed by atoms with Crippen LogP contribution in [-0.2, 0) is 0 Å². The normalized spacial score (nSPS) is 10.7. The van der Waals surface area contributed by atoms with Crippen molar-refractivity contribution in [1.82, 2.24) is 9.55 Å². The molecule has 1 heterocycles. The molecule has 18 heavy (non-hydrogen) atoms. The zero-order chi connectivity index (χ0) is 13.1. The van der Waals surface area contributed by atoms with E-state index >= 15 is 0 Å². The predicted octanol–water partition coefficient (Wildman–Crippen LogP) is 3.35. The number of nitrogens with one attached hydrogen (secondary N) is 1. The number of aromatic nitrogens is 2. The summed E-state index contributed by atoms with van der Waals surface area (Å²) in [5, 5.41) is 3.92. The van der Waals surface area contributed by atoms with Gasteiger partial charge in [-0.15, -0.1) is 0 Å². The summed E-state index contributed by atoms with van der Waals surface area (Å²) >= 11 is 6.22. The van der Waals surface area contributed by atoms with Gasteiger partial charge in [-0.05, 0) is 26.0 Å². The summed E-state index contributed by atoms with van der Waals surface area (Å²) in [5.74, 6) is 1.53. The lowest BCUT2D eigenvalue weighted by atomic mass is 10.3. The number of imidazole rings is 1. The zero-order valence-electron chi connectivity index (χ0n) is 10.6. The molecule has 0 fully saturated rings. The largest absolute Gasteiger partial charge is 0.497 e. The van der Waals surface area contributed by atoms with Crippen molar-refractivity contribution in [2.75, 3.05) is 12.4 Å². The molecule has 0 saturated heterocycles. The van der Waals surface area contributed by atoms with Gasteiger partial charge in [0, 0.05) is 24.5 Å². The molecular formula is C13H16ClN3O. The average molecular weight is 266 g/mol. The van der Waals surface area contributed by atoms with E-state index in [0.717, 1.165) is 17.4 Å². The van der Waals surface area contributed by atoms with Gasteiger partial charge in [0.2, 0.25) is 5.95 Å². The first kappa shape index (κ1) is 12.8. The Bertz CT molecular complexity index is 537. The summed E-state index contributed by atoms with van der Waals surface area (Å²) < 4.78 is 7.12. The van der Waals surface area contributed by atoms with E-state index in [1.54, 1.807) is 13.3 Å². The molecule has 0 unspecified atom stereocenters. The lowest BCUT2D eigenvalue weighted by Gasteiger charge is -2.14. The van der Waals surface area contributed by atoms with Crippen LogP contribution in [-0.4, -0.2) is 22.7 Å². The first-order valence-corrected chi connectivity index (χ1v) is 6.13. The molecule has 5 heteroatoms. The van der Waals surface area contributed by atoms with Gasteiger partial charge in [-0.1, -0.05) is 11.6 Å². The van der Waals surface area contributed by atoms with E-state index in [0.29, 0.717) is 11.1 Å². The number of anilines is 1. The third-order valence-corrected chi connectivity index (χ3v) is 2.79. The number of benzene rings is 1. The second kappa shape index (κ2) is 5.31. The van der Waals surface area contributed by atoms with Gasteiger partial charge in [0.25, 0.3) is 0 Å². The molecule has 0 spiro atoms. The molecule has 4 nitrogen and oxygen atoms in total. The maximum atomic E-state index is 6.22. The molecule has 0 aliphatic rings. The topological polar surface area (TPSA) is 39.1 Å². The van der Waals surface area contributed by atoms with Crippen LogP contribution in [0.25, 0.3) is 5.69 Å². The molecule has 2 rings (SSSR count). The average Bonchev–Trinajstić information content (AvgIpc) is 2.77. The van der Waals surface area contributed by atoms with Crippen LogP contribution in [0.3, 0.4) is 0 Å². The van der Waals surface area contributed by atoms with Gasteiger partial charge in [0.05, 0.1) is 17.8 Å². The summed E-state index contributed by atoms with van der Waals surface area (Å²) in [6.45, 7) is 4.12. The second-order valence-electron chi connectivity index (χ2n) is 4.24. The van der Waals surface area contributed by atoms with Gasteiger partial charge in [0.15, 0.2) is 0 Å². The third kappa shape index (κ3) is 2.59. The Kier molecular flexibility index (Phi) is 3.77. The lowest BCUT2D eigenvalue weighted by molar-refractivity contribution is 0.414. The molecule has 1 aromatic carbocycles. The molecule has 0 aliphatic heterocycles. The van der Waals surface area contributed by atoms with Gasteiger partial charge in [-0.3, -0.25) is 4.57 Å². The van der Waals surface area contributed by atoms with E-state index in [4.69, 9.17) is 16.3 Å². The van der Waals surface area contributed by atoms with E-state index < -0.39 is 0 Å². The van der Waals surface area contributed by atoms with Crippen molar-refractivity contribution in [3.63, 3.8) is 0 Å². The standard InChI is InChI=1S/C13H16ClN3O/c1-9(2)16-13-15-6-7-17(13)12-8-10(18-3)4-5-11(12)14/h4-9H,1-3H3,(H,15,16). The van der Waals surface area contributed by atoms with Crippen molar-refractivity contribution in [1.29, 1.82) is 0 Å². The zero-order valence-corrected chi connectivity index (χ0v) is 11.4. The van der Waals surface area contributed by atoms with Crippen LogP contribution < -0.4 is 10.1 Å². The van der Waals surface area contributed by atoms with Crippen molar-refractivity contribution in [2.45, 2.75) is 19.9 Å². The number of nitrogens with zero attached hydrogens (tertiary/aromatic N) is 2. The molecule has 0 radical (unpaired) electrons. The van der Waals surface area contributed by atoms with Crippen molar-refractivity contribution in [2.24, 2.45) is 0 Å². The van der Waals surface area contributed by atoms with Crippen LogP contribution in [0.15, 0.2) is 30.6 Å². The highest BCUT2D eigenvalue weighted by Crippen LogP contribution is 2.27. The number of ether oxygens (including phenoxy) is 1. The van der Waals surface area contributed by atoms with Gasteiger partial charge in [0.1, 0.15) is 5.75 Å². The fourth-order valence-corrected chi connectivity index (χ4v) is 1.88. The van der Waals surface area contributed by atoms with Gasteiger partial charge in [-0.2, -0.15) is 0 Å². The Morgan fingerprint density at radius 3 is 2.83 bits per heavy atom. The molecule has 0 amide bonds. The number of methoxy groups -OCH3 is 1. The Balaban J connectivity index is 2.45. The molecule has 0 atom stereocenters. The maximum Gasteiger partial charge on any atom is 0.207 e. The Morgan fingerprint density at radius 2 is 2.17 bits per heavy atom. The summed E-state index contributed by atoms with van der Waals surface area (Å²) in [5.41, 5.74) is 0.844. The van der Waals surface area contributed by atoms with E-state index in [9.17, 15) is 0 Å². The van der Waals surface area contributed by atoms with E-state index in [-0.39, 0.29) is 0 Å². The molecule has 96 valence electrons. The SMILES string of the molecule is COc1ccc(Cl)c(-n2ccnc2NC(C)C)c1. The minimum Gasteiger partial charge on any atom is -0.497 e. The van der Waals surface area contributed by atoms with Crippen LogP contribution in [0.2, 0.25) is 5.02 Å². The number of rotatable bonds is 4. The van der Waals surface area contributed by atoms with E-state index in [1.807, 2.05) is 29.0 Å². The molecule has 0 saturated carbocycles. The smallest absolute Gasteiger partial charge is 0.207 e. The number of halogens is 1. The minimum atomic E-state index is 0.301. The fraction of sp³-hybridized carbons (Fsp3) is 0.308. The van der Waals surface area contributed by atoms with Gasteiger partial charge >= 0.3 is 0 Å². The highest BCUT2D eigenvalue weighted by Gasteiger charge is 2.10. The molecule has 0 aliphatic carbocycles. The van der Waals surface area contributed by atoms with Crippen molar-refractivity contribution in [3.05, 3.63) is 35.6 Å². The summed E-state index contributed by atoms with van der Waals surface area (Å²) in [6.07, 6.45) is 3.60. The molecule has 2 aromatic rings. The van der Waals surface area contributed by atoms with E-state index in [2.05, 4.69) is 24.1 Å². The highest BCUT2D eigenvalue weighted by atomic mass is 35.5. The Labute approximate surface area is 112 Å². The first-order valence-electron chi connectivity index (χ1n) is 5.75. The number of hydrogen-bond acceptors (Lipinski definition) is 3. The minimum absolute atomic E-state index is 0.301. The van der Waals surface area contributed by atoms with Crippen LogP contribution in [0, 0.1) is 0 Å². The fourth-order valence-electron chi connectivity index (χ4n) is 1.67.